The van der Waals surface area contributed by atoms with E-state index in [0.717, 1.165) is 26.1 Å². The second kappa shape index (κ2) is 4.63. The lowest BCUT2D eigenvalue weighted by molar-refractivity contribution is -0.132. The minimum Gasteiger partial charge on any atom is -0.393 e. The fraction of sp³-hybridized carbons (Fsp3) is 1.00. The molecule has 1 aliphatic carbocycles. The van der Waals surface area contributed by atoms with Gasteiger partial charge in [-0.05, 0) is 39.5 Å². The lowest BCUT2D eigenvalue weighted by atomic mass is 10.0. The van der Waals surface area contributed by atoms with E-state index in [-0.39, 0.29) is 11.7 Å². The van der Waals surface area contributed by atoms with E-state index in [4.69, 9.17) is 4.74 Å². The molecule has 0 aromatic carbocycles. The Labute approximate surface area is 98.8 Å². The Hall–Kier alpha value is -0.120. The Morgan fingerprint density at radius 2 is 2.12 bits per heavy atom. The van der Waals surface area contributed by atoms with Crippen molar-refractivity contribution in [2.75, 3.05) is 19.6 Å². The number of morpholine rings is 1. The molecular weight excluding hydrogens is 202 g/mol. The molecule has 3 heteroatoms. The van der Waals surface area contributed by atoms with E-state index >= 15 is 0 Å². The van der Waals surface area contributed by atoms with Crippen LogP contribution in [-0.2, 0) is 4.74 Å². The van der Waals surface area contributed by atoms with Gasteiger partial charge in [0.05, 0.1) is 17.8 Å². The minimum absolute atomic E-state index is 0.0405. The predicted molar refractivity (Wildman–Crippen MR) is 64.4 cm³/mol. The van der Waals surface area contributed by atoms with Gasteiger partial charge in [-0.25, -0.2) is 0 Å². The summed E-state index contributed by atoms with van der Waals surface area (Å²) in [5, 5.41) is 9.86. The summed E-state index contributed by atoms with van der Waals surface area (Å²) in [4.78, 5) is 2.47. The summed E-state index contributed by atoms with van der Waals surface area (Å²) in [5.74, 6) is 0.487. The van der Waals surface area contributed by atoms with Crippen molar-refractivity contribution < 1.29 is 9.84 Å². The molecule has 3 nitrogen and oxygen atoms in total. The van der Waals surface area contributed by atoms with Crippen LogP contribution in [0.3, 0.4) is 0 Å². The number of nitrogens with zero attached hydrogens (tertiary/aromatic N) is 1. The highest BCUT2D eigenvalue weighted by molar-refractivity contribution is 4.86. The van der Waals surface area contributed by atoms with E-state index in [9.17, 15) is 5.11 Å². The number of rotatable bonds is 2. The van der Waals surface area contributed by atoms with Crippen molar-refractivity contribution in [2.24, 2.45) is 5.92 Å². The van der Waals surface area contributed by atoms with Gasteiger partial charge in [-0.3, -0.25) is 4.90 Å². The van der Waals surface area contributed by atoms with Crippen LogP contribution >= 0.6 is 0 Å². The molecule has 0 radical (unpaired) electrons. The van der Waals surface area contributed by atoms with Gasteiger partial charge in [0, 0.05) is 19.6 Å². The van der Waals surface area contributed by atoms with E-state index < -0.39 is 0 Å². The molecule has 0 aromatic rings. The fourth-order valence-corrected chi connectivity index (χ4v) is 3.29. The normalized spacial score (nSPS) is 40.1. The Kier molecular flexibility index (Phi) is 3.57. The van der Waals surface area contributed by atoms with Crippen LogP contribution in [0.15, 0.2) is 0 Å². The lowest BCUT2D eigenvalue weighted by Crippen LogP contribution is -2.53. The molecule has 3 atom stereocenters. The number of aliphatic hydroxyl groups is 1. The summed E-state index contributed by atoms with van der Waals surface area (Å²) in [5.41, 5.74) is -0.0405. The summed E-state index contributed by atoms with van der Waals surface area (Å²) in [6, 6.07) is 0. The topological polar surface area (TPSA) is 32.7 Å². The molecular formula is C13H25NO2. The maximum Gasteiger partial charge on any atom is 0.0757 e. The van der Waals surface area contributed by atoms with Gasteiger partial charge in [0.2, 0.25) is 0 Å². The zero-order valence-electron chi connectivity index (χ0n) is 10.8. The Morgan fingerprint density at radius 3 is 2.69 bits per heavy atom. The smallest absolute Gasteiger partial charge is 0.0757 e. The van der Waals surface area contributed by atoms with Crippen LogP contribution in [0.1, 0.15) is 40.0 Å². The number of aliphatic hydroxyl groups excluding tert-OH is 1. The van der Waals surface area contributed by atoms with Crippen molar-refractivity contribution in [1.82, 2.24) is 4.90 Å². The molecule has 0 bridgehead atoms. The van der Waals surface area contributed by atoms with Crippen molar-refractivity contribution in [1.29, 1.82) is 0 Å². The molecule has 2 fully saturated rings. The maximum atomic E-state index is 9.86. The van der Waals surface area contributed by atoms with E-state index in [1.807, 2.05) is 0 Å². The molecule has 0 amide bonds. The highest BCUT2D eigenvalue weighted by Gasteiger charge is 2.34. The van der Waals surface area contributed by atoms with Crippen molar-refractivity contribution in [3.63, 3.8) is 0 Å². The van der Waals surface area contributed by atoms with E-state index in [0.29, 0.717) is 12.0 Å². The summed E-state index contributed by atoms with van der Waals surface area (Å²) in [7, 11) is 0. The Bertz CT molecular complexity index is 242. The fourth-order valence-electron chi connectivity index (χ4n) is 3.29. The van der Waals surface area contributed by atoms with Crippen LogP contribution in [0.25, 0.3) is 0 Å². The molecule has 1 aliphatic heterocycles. The van der Waals surface area contributed by atoms with Gasteiger partial charge in [0.15, 0.2) is 0 Å². The van der Waals surface area contributed by atoms with Crippen LogP contribution in [0.2, 0.25) is 0 Å². The van der Waals surface area contributed by atoms with Crippen molar-refractivity contribution in [2.45, 2.75) is 57.8 Å². The molecule has 1 saturated heterocycles. The van der Waals surface area contributed by atoms with E-state index in [1.165, 1.54) is 12.8 Å². The summed E-state index contributed by atoms with van der Waals surface area (Å²) < 4.78 is 5.89. The average molecular weight is 227 g/mol. The highest BCUT2D eigenvalue weighted by Crippen LogP contribution is 2.28. The molecule has 1 N–H and O–H groups in total. The van der Waals surface area contributed by atoms with Gasteiger partial charge in [-0.15, -0.1) is 0 Å². The van der Waals surface area contributed by atoms with E-state index in [2.05, 4.69) is 25.7 Å². The van der Waals surface area contributed by atoms with Gasteiger partial charge < -0.3 is 9.84 Å². The van der Waals surface area contributed by atoms with Gasteiger partial charge >= 0.3 is 0 Å². The van der Waals surface area contributed by atoms with Gasteiger partial charge in [0.25, 0.3) is 0 Å². The number of hydrogen-bond acceptors (Lipinski definition) is 3. The first-order chi connectivity index (χ1) is 7.46. The third-order valence-corrected chi connectivity index (χ3v) is 3.75. The molecule has 2 aliphatic rings. The first-order valence-corrected chi connectivity index (χ1v) is 6.54. The van der Waals surface area contributed by atoms with Gasteiger partial charge in [-0.1, -0.05) is 6.42 Å². The number of ether oxygens (including phenoxy) is 1. The third kappa shape index (κ3) is 2.96. The first kappa shape index (κ1) is 12.3. The van der Waals surface area contributed by atoms with Crippen LogP contribution in [0.4, 0.5) is 0 Å². The van der Waals surface area contributed by atoms with Crippen LogP contribution < -0.4 is 0 Å². The summed E-state index contributed by atoms with van der Waals surface area (Å²) in [6.07, 6.45) is 3.61. The third-order valence-electron chi connectivity index (χ3n) is 3.75. The maximum absolute atomic E-state index is 9.86. The zero-order valence-corrected chi connectivity index (χ0v) is 10.8. The quantitative estimate of drug-likeness (QED) is 0.778. The minimum atomic E-state index is -0.0683. The van der Waals surface area contributed by atoms with Gasteiger partial charge in [-0.2, -0.15) is 0 Å². The molecule has 1 saturated carbocycles. The zero-order chi connectivity index (χ0) is 11.8. The molecule has 1 heterocycles. The number of hydrogen-bond donors (Lipinski definition) is 1. The van der Waals surface area contributed by atoms with Gasteiger partial charge in [0.1, 0.15) is 0 Å². The highest BCUT2D eigenvalue weighted by atomic mass is 16.5. The molecule has 0 spiro atoms. The largest absolute Gasteiger partial charge is 0.393 e. The Balaban J connectivity index is 1.89. The average Bonchev–Trinajstić information content (AvgIpc) is 2.48. The lowest BCUT2D eigenvalue weighted by Gasteiger charge is -2.42. The second-order valence-electron chi connectivity index (χ2n) is 6.14. The van der Waals surface area contributed by atoms with Crippen molar-refractivity contribution >= 4 is 0 Å². The summed E-state index contributed by atoms with van der Waals surface area (Å²) >= 11 is 0. The molecule has 94 valence electrons. The monoisotopic (exact) mass is 227 g/mol. The summed E-state index contributed by atoms with van der Waals surface area (Å²) in [6.45, 7) is 9.48. The standard InChI is InChI=1S/C13H25NO2/c1-10-7-14(9-13(2,3)16-10)8-11-5-4-6-12(11)15/h10-12,15H,4-9H2,1-3H3. The van der Waals surface area contributed by atoms with Crippen molar-refractivity contribution in [3.05, 3.63) is 0 Å². The van der Waals surface area contributed by atoms with Crippen LogP contribution in [0.5, 0.6) is 0 Å². The first-order valence-electron chi connectivity index (χ1n) is 6.54. The molecule has 0 aromatic heterocycles. The molecule has 16 heavy (non-hydrogen) atoms. The Morgan fingerprint density at radius 1 is 1.38 bits per heavy atom. The van der Waals surface area contributed by atoms with Crippen LogP contribution in [-0.4, -0.2) is 47.4 Å². The predicted octanol–water partition coefficient (Wildman–Crippen LogP) is 1.65. The molecule has 3 unspecified atom stereocenters. The van der Waals surface area contributed by atoms with E-state index in [1.54, 1.807) is 0 Å². The van der Waals surface area contributed by atoms with Crippen molar-refractivity contribution in [3.8, 4) is 0 Å². The van der Waals surface area contributed by atoms with Crippen LogP contribution in [0, 0.1) is 5.92 Å². The second-order valence-corrected chi connectivity index (χ2v) is 6.14. The SMILES string of the molecule is CC1CN(CC2CCCC2O)CC(C)(C)O1. The molecule has 2 rings (SSSR count).